The molecule has 1 atom stereocenters. The number of nitrogens with zero attached hydrogens (tertiary/aromatic N) is 4. The van der Waals surface area contributed by atoms with Gasteiger partial charge in [-0.1, -0.05) is 35.9 Å². The molecular formula is C28H19ClFN7O5S. The van der Waals surface area contributed by atoms with Crippen LogP contribution in [0.1, 0.15) is 54.5 Å². The average molecular weight is 620 g/mol. The zero-order valence-electron chi connectivity index (χ0n) is 21.8. The van der Waals surface area contributed by atoms with Crippen molar-refractivity contribution in [2.45, 2.75) is 19.1 Å². The number of amides is 3. The van der Waals surface area contributed by atoms with E-state index in [4.69, 9.17) is 16.7 Å². The topological polar surface area (TPSA) is 168 Å². The van der Waals surface area contributed by atoms with E-state index in [1.807, 2.05) is 12.1 Å². The van der Waals surface area contributed by atoms with Crippen LogP contribution >= 0.6 is 23.1 Å². The first-order valence-corrected chi connectivity index (χ1v) is 13.8. The maximum Gasteiger partial charge on any atom is 0.354 e. The van der Waals surface area contributed by atoms with Crippen molar-refractivity contribution in [2.75, 3.05) is 5.32 Å². The summed E-state index contributed by atoms with van der Waals surface area (Å²) < 4.78 is 20.7. The zero-order valence-corrected chi connectivity index (χ0v) is 23.4. The number of carbonyl (C=O) groups is 4. The van der Waals surface area contributed by atoms with E-state index in [0.717, 1.165) is 22.3 Å². The first-order chi connectivity index (χ1) is 20.7. The lowest BCUT2D eigenvalue weighted by molar-refractivity contribution is -0.123. The van der Waals surface area contributed by atoms with Crippen LogP contribution in [0.4, 0.5) is 10.2 Å². The van der Waals surface area contributed by atoms with Crippen LogP contribution in [0.2, 0.25) is 5.02 Å². The standard InChI is InChI=1S/C28H19ClFN7O5S/c29-17-7-6-14(30)9-16(17)21-23-24(35-26(39)22-15-3-1-2-4-19(15)43-36-22)34-25(37(23)12-20(38)33-21)27(40)32-11-13-5-8-18(28(41)42)31-10-13/h1-10,21H,11-12H2,(H,32,40)(H,33,38)(H,35,39)(H,41,42). The highest BCUT2D eigenvalue weighted by atomic mass is 35.5. The molecule has 43 heavy (non-hydrogen) atoms. The van der Waals surface area contributed by atoms with Crippen LogP contribution in [-0.2, 0) is 17.9 Å². The Labute approximate surface area is 250 Å². The Bertz CT molecular complexity index is 1940. The van der Waals surface area contributed by atoms with Crippen LogP contribution in [-0.4, -0.2) is 47.7 Å². The Balaban J connectivity index is 1.39. The molecule has 6 rings (SSSR count). The van der Waals surface area contributed by atoms with E-state index in [0.29, 0.717) is 10.9 Å². The molecule has 0 radical (unpaired) electrons. The number of anilines is 1. The van der Waals surface area contributed by atoms with E-state index in [1.54, 1.807) is 12.1 Å². The summed E-state index contributed by atoms with van der Waals surface area (Å²) in [6.45, 7) is -0.356. The molecule has 2 aromatic carbocycles. The molecular weight excluding hydrogens is 601 g/mol. The van der Waals surface area contributed by atoms with Gasteiger partial charge in [0.1, 0.15) is 23.7 Å². The summed E-state index contributed by atoms with van der Waals surface area (Å²) in [4.78, 5) is 59.0. The van der Waals surface area contributed by atoms with Crippen molar-refractivity contribution in [3.63, 3.8) is 0 Å². The fraction of sp³-hybridized carbons (Fsp3) is 0.107. The number of nitrogens with one attached hydrogen (secondary N) is 3. The summed E-state index contributed by atoms with van der Waals surface area (Å²) >= 11 is 7.55. The second-order valence-electron chi connectivity index (χ2n) is 9.44. The molecule has 0 spiro atoms. The van der Waals surface area contributed by atoms with Crippen LogP contribution in [0.3, 0.4) is 0 Å². The lowest BCUT2D eigenvalue weighted by Gasteiger charge is -2.28. The third-order valence-electron chi connectivity index (χ3n) is 6.68. The highest BCUT2D eigenvalue weighted by Crippen LogP contribution is 2.36. The van der Waals surface area contributed by atoms with Gasteiger partial charge in [-0.15, -0.1) is 0 Å². The molecule has 3 amide bonds. The van der Waals surface area contributed by atoms with Crippen LogP contribution in [0.15, 0.2) is 60.8 Å². The number of carboxylic acids is 1. The number of imidazole rings is 1. The van der Waals surface area contributed by atoms with Crippen LogP contribution in [0.5, 0.6) is 0 Å². The molecule has 15 heteroatoms. The predicted molar refractivity (Wildman–Crippen MR) is 154 cm³/mol. The van der Waals surface area contributed by atoms with Crippen molar-refractivity contribution in [3.05, 3.63) is 106 Å². The smallest absolute Gasteiger partial charge is 0.354 e. The first kappa shape index (κ1) is 27.9. The van der Waals surface area contributed by atoms with Gasteiger partial charge in [0.25, 0.3) is 11.8 Å². The van der Waals surface area contributed by atoms with Crippen molar-refractivity contribution in [1.82, 2.24) is 29.5 Å². The SMILES string of the molecule is O=C1Cn2c(C(=O)NCc3ccc(C(=O)O)nc3)nc(NC(=O)c3nsc4ccccc34)c2C(c2cc(F)ccc2Cl)N1. The molecule has 1 aliphatic heterocycles. The summed E-state index contributed by atoms with van der Waals surface area (Å²) in [5.74, 6) is -3.84. The Kier molecular flexibility index (Phi) is 7.29. The average Bonchev–Trinajstić information content (AvgIpc) is 3.59. The summed E-state index contributed by atoms with van der Waals surface area (Å²) in [7, 11) is 0. The number of aromatic carboxylic acids is 1. The van der Waals surface area contributed by atoms with Crippen molar-refractivity contribution in [2.24, 2.45) is 0 Å². The highest BCUT2D eigenvalue weighted by Gasteiger charge is 2.36. The lowest BCUT2D eigenvalue weighted by atomic mass is 10.0. The molecule has 4 heterocycles. The normalized spacial score (nSPS) is 14.2. The summed E-state index contributed by atoms with van der Waals surface area (Å²) in [6, 6.07) is 12.6. The molecule has 0 fully saturated rings. The molecule has 12 nitrogen and oxygen atoms in total. The number of carboxylic acid groups (broad SMARTS) is 1. The van der Waals surface area contributed by atoms with E-state index in [-0.39, 0.29) is 52.4 Å². The summed E-state index contributed by atoms with van der Waals surface area (Å²) in [6.07, 6.45) is 1.31. The summed E-state index contributed by atoms with van der Waals surface area (Å²) in [5.41, 5.74) is 0.902. The highest BCUT2D eigenvalue weighted by molar-refractivity contribution is 7.13. The van der Waals surface area contributed by atoms with Crippen LogP contribution < -0.4 is 16.0 Å². The summed E-state index contributed by atoms with van der Waals surface area (Å²) in [5, 5.41) is 18.0. The largest absolute Gasteiger partial charge is 0.477 e. The third kappa shape index (κ3) is 5.40. The van der Waals surface area contributed by atoms with Gasteiger partial charge in [0, 0.05) is 28.7 Å². The van der Waals surface area contributed by atoms with E-state index in [1.165, 1.54) is 35.0 Å². The van der Waals surface area contributed by atoms with E-state index < -0.39 is 35.5 Å². The molecule has 3 aromatic heterocycles. The molecule has 0 saturated carbocycles. The number of carbonyl (C=O) groups excluding carboxylic acids is 3. The van der Waals surface area contributed by atoms with Gasteiger partial charge in [0.15, 0.2) is 5.82 Å². The van der Waals surface area contributed by atoms with Crippen molar-refractivity contribution in [3.8, 4) is 0 Å². The van der Waals surface area contributed by atoms with E-state index in [9.17, 15) is 23.6 Å². The fourth-order valence-electron chi connectivity index (χ4n) is 4.70. The number of halogens is 2. The Morgan fingerprint density at radius 1 is 1.14 bits per heavy atom. The van der Waals surface area contributed by atoms with Gasteiger partial charge in [-0.05, 0) is 47.4 Å². The minimum absolute atomic E-state index is 0.0359. The third-order valence-corrected chi connectivity index (χ3v) is 7.85. The Morgan fingerprint density at radius 3 is 2.72 bits per heavy atom. The lowest BCUT2D eigenvalue weighted by Crippen LogP contribution is -2.41. The monoisotopic (exact) mass is 619 g/mol. The Hall–Kier alpha value is -5.21. The minimum atomic E-state index is -1.19. The van der Waals surface area contributed by atoms with E-state index in [2.05, 4.69) is 30.3 Å². The zero-order chi connectivity index (χ0) is 30.2. The van der Waals surface area contributed by atoms with Gasteiger partial charge >= 0.3 is 5.97 Å². The van der Waals surface area contributed by atoms with Gasteiger partial charge in [-0.3, -0.25) is 14.4 Å². The molecule has 0 saturated heterocycles. The fourth-order valence-corrected chi connectivity index (χ4v) is 5.70. The van der Waals surface area contributed by atoms with Gasteiger partial charge in [0.05, 0.1) is 16.4 Å². The molecule has 1 aliphatic rings. The van der Waals surface area contributed by atoms with Gasteiger partial charge in [-0.25, -0.2) is 19.2 Å². The van der Waals surface area contributed by atoms with Gasteiger partial charge < -0.3 is 25.6 Å². The molecule has 1 unspecified atom stereocenters. The number of aromatic nitrogens is 4. The molecule has 0 aliphatic carbocycles. The van der Waals surface area contributed by atoms with Crippen molar-refractivity contribution >= 4 is 62.7 Å². The maximum atomic E-state index is 14.3. The van der Waals surface area contributed by atoms with Crippen LogP contribution in [0, 0.1) is 5.82 Å². The number of pyridine rings is 1. The van der Waals surface area contributed by atoms with Crippen molar-refractivity contribution in [1.29, 1.82) is 0 Å². The van der Waals surface area contributed by atoms with Crippen molar-refractivity contribution < 1.29 is 28.7 Å². The van der Waals surface area contributed by atoms with E-state index >= 15 is 0 Å². The second-order valence-corrected chi connectivity index (χ2v) is 10.7. The number of hydrogen-bond acceptors (Lipinski definition) is 8. The predicted octanol–water partition coefficient (Wildman–Crippen LogP) is 3.78. The van der Waals surface area contributed by atoms with Crippen LogP contribution in [0.25, 0.3) is 10.1 Å². The number of benzene rings is 2. The maximum absolute atomic E-state index is 14.3. The number of rotatable bonds is 7. The van der Waals surface area contributed by atoms with Gasteiger partial charge in [-0.2, -0.15) is 4.37 Å². The molecule has 5 aromatic rings. The minimum Gasteiger partial charge on any atom is -0.477 e. The molecule has 4 N–H and O–H groups in total. The second kappa shape index (κ2) is 11.2. The quantitative estimate of drug-likeness (QED) is 0.213. The molecule has 0 bridgehead atoms. The Morgan fingerprint density at radius 2 is 1.95 bits per heavy atom. The number of hydrogen-bond donors (Lipinski definition) is 4. The number of fused-ring (bicyclic) bond motifs is 2. The van der Waals surface area contributed by atoms with Gasteiger partial charge in [0.2, 0.25) is 11.7 Å². The molecule has 216 valence electrons. The first-order valence-electron chi connectivity index (χ1n) is 12.7.